The number of aromatic nitrogens is 1. The Labute approximate surface area is 169 Å². The zero-order valence-electron chi connectivity index (χ0n) is 15.9. The Morgan fingerprint density at radius 3 is 2.43 bits per heavy atom. The van der Waals surface area contributed by atoms with Gasteiger partial charge in [0.1, 0.15) is 10.4 Å². The van der Waals surface area contributed by atoms with E-state index in [4.69, 9.17) is 0 Å². The SMILES string of the molecule is Cc1cc([C@H]2NN=C(c3ccccc3)S2)c(C)n1-c1ccc2ccccc2c1. The third kappa shape index (κ3) is 2.90. The summed E-state index contributed by atoms with van der Waals surface area (Å²) >= 11 is 1.78. The number of hydrogen-bond donors (Lipinski definition) is 1. The number of benzene rings is 3. The zero-order valence-corrected chi connectivity index (χ0v) is 16.7. The van der Waals surface area contributed by atoms with Crippen molar-refractivity contribution in [3.8, 4) is 5.69 Å². The molecule has 0 saturated carbocycles. The zero-order chi connectivity index (χ0) is 19.1. The van der Waals surface area contributed by atoms with Crippen molar-refractivity contribution in [1.29, 1.82) is 0 Å². The summed E-state index contributed by atoms with van der Waals surface area (Å²) in [7, 11) is 0. The highest BCUT2D eigenvalue weighted by Crippen LogP contribution is 2.37. The van der Waals surface area contributed by atoms with Crippen molar-refractivity contribution in [3.05, 3.63) is 101 Å². The van der Waals surface area contributed by atoms with Gasteiger partial charge in [-0.2, -0.15) is 5.10 Å². The number of nitrogens with one attached hydrogen (secondary N) is 1. The summed E-state index contributed by atoms with van der Waals surface area (Å²) in [4.78, 5) is 0. The molecule has 4 aromatic rings. The minimum absolute atomic E-state index is 0.135. The predicted octanol–water partition coefficient (Wildman–Crippen LogP) is 5.94. The van der Waals surface area contributed by atoms with Crippen LogP contribution in [0.15, 0.2) is 84.0 Å². The standard InChI is InChI=1S/C24H21N3S/c1-16-14-22(24-26-25-23(28-24)19-9-4-3-5-10-19)17(2)27(16)21-13-12-18-8-6-7-11-20(18)15-21/h3-15,24,26H,1-2H3/t24-/m0/s1. The van der Waals surface area contributed by atoms with Crippen molar-refractivity contribution >= 4 is 27.6 Å². The molecule has 1 aliphatic rings. The topological polar surface area (TPSA) is 29.3 Å². The molecule has 0 saturated heterocycles. The lowest BCUT2D eigenvalue weighted by atomic mass is 10.1. The second-order valence-corrected chi connectivity index (χ2v) is 8.20. The molecule has 0 radical (unpaired) electrons. The van der Waals surface area contributed by atoms with Gasteiger partial charge in [-0.25, -0.2) is 0 Å². The van der Waals surface area contributed by atoms with Crippen molar-refractivity contribution in [2.45, 2.75) is 19.2 Å². The fraction of sp³-hybridized carbons (Fsp3) is 0.125. The molecule has 0 amide bonds. The van der Waals surface area contributed by atoms with Crippen LogP contribution in [-0.2, 0) is 0 Å². The van der Waals surface area contributed by atoms with Crippen molar-refractivity contribution in [3.63, 3.8) is 0 Å². The molecule has 3 aromatic carbocycles. The second kappa shape index (κ2) is 6.88. The molecular weight excluding hydrogens is 362 g/mol. The molecule has 138 valence electrons. The van der Waals surface area contributed by atoms with Gasteiger partial charge in [-0.3, -0.25) is 5.43 Å². The van der Waals surface area contributed by atoms with Crippen LogP contribution in [0.4, 0.5) is 0 Å². The predicted molar refractivity (Wildman–Crippen MR) is 119 cm³/mol. The molecule has 1 N–H and O–H groups in total. The van der Waals surface area contributed by atoms with Gasteiger partial charge in [0.15, 0.2) is 0 Å². The molecule has 3 nitrogen and oxygen atoms in total. The normalized spacial score (nSPS) is 16.2. The first-order valence-electron chi connectivity index (χ1n) is 9.44. The summed E-state index contributed by atoms with van der Waals surface area (Å²) < 4.78 is 2.34. The maximum atomic E-state index is 4.58. The largest absolute Gasteiger partial charge is 0.318 e. The molecule has 4 heteroatoms. The Hall–Kier alpha value is -2.98. The Kier molecular flexibility index (Phi) is 4.21. The molecule has 0 bridgehead atoms. The van der Waals surface area contributed by atoms with Gasteiger partial charge in [0, 0.05) is 28.2 Å². The average molecular weight is 384 g/mol. The van der Waals surface area contributed by atoms with Gasteiger partial charge in [-0.1, -0.05) is 72.4 Å². The van der Waals surface area contributed by atoms with Crippen LogP contribution in [0.25, 0.3) is 16.5 Å². The molecule has 2 heterocycles. The van der Waals surface area contributed by atoms with E-state index >= 15 is 0 Å². The first kappa shape index (κ1) is 17.1. The van der Waals surface area contributed by atoms with Crippen LogP contribution in [0, 0.1) is 13.8 Å². The number of hydrogen-bond acceptors (Lipinski definition) is 3. The number of thioether (sulfide) groups is 1. The Morgan fingerprint density at radius 2 is 1.61 bits per heavy atom. The number of aryl methyl sites for hydroxylation is 1. The Morgan fingerprint density at radius 1 is 0.857 bits per heavy atom. The highest BCUT2D eigenvalue weighted by atomic mass is 32.2. The maximum absolute atomic E-state index is 4.58. The van der Waals surface area contributed by atoms with Crippen LogP contribution in [0.2, 0.25) is 0 Å². The number of rotatable bonds is 3. The van der Waals surface area contributed by atoms with Crippen molar-refractivity contribution in [2.75, 3.05) is 0 Å². The number of hydrazone groups is 1. The van der Waals surface area contributed by atoms with E-state index in [1.54, 1.807) is 11.8 Å². The highest BCUT2D eigenvalue weighted by molar-refractivity contribution is 8.14. The summed E-state index contributed by atoms with van der Waals surface area (Å²) in [6, 6.07) is 27.8. The third-order valence-electron chi connectivity index (χ3n) is 5.28. The van der Waals surface area contributed by atoms with Crippen LogP contribution < -0.4 is 5.43 Å². The van der Waals surface area contributed by atoms with Gasteiger partial charge in [0.25, 0.3) is 0 Å². The van der Waals surface area contributed by atoms with Crippen LogP contribution in [0.1, 0.15) is 27.9 Å². The first-order chi connectivity index (χ1) is 13.7. The number of fused-ring (bicyclic) bond motifs is 1. The molecular formula is C24H21N3S. The van der Waals surface area contributed by atoms with Crippen molar-refractivity contribution in [1.82, 2.24) is 9.99 Å². The van der Waals surface area contributed by atoms with E-state index < -0.39 is 0 Å². The molecule has 0 unspecified atom stereocenters. The van der Waals surface area contributed by atoms with Crippen LogP contribution >= 0.6 is 11.8 Å². The lowest BCUT2D eigenvalue weighted by Gasteiger charge is -2.13. The monoisotopic (exact) mass is 383 g/mol. The highest BCUT2D eigenvalue weighted by Gasteiger charge is 2.26. The molecule has 0 fully saturated rings. The van der Waals surface area contributed by atoms with E-state index in [2.05, 4.69) is 102 Å². The van der Waals surface area contributed by atoms with Crippen LogP contribution in [-0.4, -0.2) is 9.61 Å². The molecule has 1 atom stereocenters. The van der Waals surface area contributed by atoms with E-state index in [-0.39, 0.29) is 5.37 Å². The van der Waals surface area contributed by atoms with E-state index in [1.165, 1.54) is 33.4 Å². The van der Waals surface area contributed by atoms with Gasteiger partial charge in [0.2, 0.25) is 0 Å². The van der Waals surface area contributed by atoms with Gasteiger partial charge in [-0.15, -0.1) is 0 Å². The molecule has 1 aliphatic heterocycles. The Bertz CT molecular complexity index is 1190. The maximum Gasteiger partial charge on any atom is 0.126 e. The van der Waals surface area contributed by atoms with E-state index in [1.807, 2.05) is 6.07 Å². The lowest BCUT2D eigenvalue weighted by molar-refractivity contribution is 0.737. The van der Waals surface area contributed by atoms with Gasteiger partial charge in [-0.05, 0) is 42.8 Å². The summed E-state index contributed by atoms with van der Waals surface area (Å²) in [5.74, 6) is 0. The summed E-state index contributed by atoms with van der Waals surface area (Å²) in [5.41, 5.74) is 9.45. The van der Waals surface area contributed by atoms with Gasteiger partial charge < -0.3 is 4.57 Å². The smallest absolute Gasteiger partial charge is 0.126 e. The molecule has 28 heavy (non-hydrogen) atoms. The van der Waals surface area contributed by atoms with Gasteiger partial charge >= 0.3 is 0 Å². The quantitative estimate of drug-likeness (QED) is 0.474. The van der Waals surface area contributed by atoms with Crippen molar-refractivity contribution < 1.29 is 0 Å². The fourth-order valence-corrected chi connectivity index (χ4v) is 4.97. The van der Waals surface area contributed by atoms with Crippen LogP contribution in [0.3, 0.4) is 0 Å². The first-order valence-corrected chi connectivity index (χ1v) is 10.3. The summed E-state index contributed by atoms with van der Waals surface area (Å²) in [6.45, 7) is 4.37. The average Bonchev–Trinajstić information content (AvgIpc) is 3.33. The minimum Gasteiger partial charge on any atom is -0.318 e. The van der Waals surface area contributed by atoms with Crippen molar-refractivity contribution in [2.24, 2.45) is 5.10 Å². The summed E-state index contributed by atoms with van der Waals surface area (Å²) in [6.07, 6.45) is 0. The molecule has 0 spiro atoms. The Balaban J connectivity index is 1.48. The van der Waals surface area contributed by atoms with Crippen LogP contribution in [0.5, 0.6) is 0 Å². The lowest BCUT2D eigenvalue weighted by Crippen LogP contribution is -2.08. The molecule has 0 aliphatic carbocycles. The minimum atomic E-state index is 0.135. The fourth-order valence-electron chi connectivity index (χ4n) is 3.89. The second-order valence-electron chi connectivity index (χ2n) is 7.10. The van der Waals surface area contributed by atoms with E-state index in [9.17, 15) is 0 Å². The van der Waals surface area contributed by atoms with E-state index in [0.29, 0.717) is 0 Å². The third-order valence-corrected chi connectivity index (χ3v) is 6.42. The van der Waals surface area contributed by atoms with Gasteiger partial charge in [0.05, 0.1) is 0 Å². The summed E-state index contributed by atoms with van der Waals surface area (Å²) in [5, 5.41) is 8.28. The van der Waals surface area contributed by atoms with E-state index in [0.717, 1.165) is 10.6 Å². The molecule has 1 aromatic heterocycles. The molecule has 5 rings (SSSR count). The number of nitrogens with zero attached hydrogens (tertiary/aromatic N) is 2.